The minimum atomic E-state index is -0.604. The number of rotatable bonds is 9. The van der Waals surface area contributed by atoms with Gasteiger partial charge in [0.2, 0.25) is 11.8 Å². The smallest absolute Gasteiger partial charge is 0.239 e. The van der Waals surface area contributed by atoms with Crippen molar-refractivity contribution in [2.24, 2.45) is 17.6 Å². The molecule has 146 valence electrons. The molecule has 0 unspecified atom stereocenters. The summed E-state index contributed by atoms with van der Waals surface area (Å²) in [6, 6.07) is 5.35. The quantitative estimate of drug-likeness (QED) is 0.607. The Bertz CT molecular complexity index is 618. The normalized spacial score (nSPS) is 14.3. The van der Waals surface area contributed by atoms with Crippen molar-refractivity contribution in [2.75, 3.05) is 13.2 Å². The van der Waals surface area contributed by atoms with Crippen molar-refractivity contribution < 1.29 is 14.3 Å². The van der Waals surface area contributed by atoms with Gasteiger partial charge in [-0.25, -0.2) is 0 Å². The first kappa shape index (κ1) is 22.3. The predicted molar refractivity (Wildman–Crippen MR) is 104 cm³/mol. The maximum atomic E-state index is 12.0. The van der Waals surface area contributed by atoms with E-state index >= 15 is 0 Å². The van der Waals surface area contributed by atoms with Gasteiger partial charge in [0.15, 0.2) is 0 Å². The minimum Gasteiger partial charge on any atom is -0.493 e. The number of aryl methyl sites for hydroxylation is 1. The zero-order chi connectivity index (χ0) is 18.4. The van der Waals surface area contributed by atoms with Crippen LogP contribution in [-0.4, -0.2) is 31.0 Å². The Hall–Kier alpha value is -1.79. The highest BCUT2D eigenvalue weighted by molar-refractivity contribution is 5.87. The number of carbonyl (C=O) groups excluding carboxylic acids is 2. The molecule has 0 saturated heterocycles. The Labute approximate surface area is 161 Å². The van der Waals surface area contributed by atoms with E-state index in [4.69, 9.17) is 10.5 Å². The number of hydrogen-bond donors (Lipinski definition) is 3. The Kier molecular flexibility index (Phi) is 8.88. The molecule has 26 heavy (non-hydrogen) atoms. The molecule has 1 aliphatic carbocycles. The number of hydrogen-bond acceptors (Lipinski definition) is 4. The lowest BCUT2D eigenvalue weighted by Gasteiger charge is -2.16. The Morgan fingerprint density at radius 2 is 1.96 bits per heavy atom. The van der Waals surface area contributed by atoms with Crippen LogP contribution in [0.5, 0.6) is 5.75 Å². The van der Waals surface area contributed by atoms with E-state index in [1.54, 1.807) is 0 Å². The number of halogens is 1. The average Bonchev–Trinajstić information content (AvgIpc) is 3.40. The lowest BCUT2D eigenvalue weighted by atomic mass is 10.1. The van der Waals surface area contributed by atoms with Crippen LogP contribution in [-0.2, 0) is 16.1 Å². The maximum absolute atomic E-state index is 12.0. The molecule has 1 fully saturated rings. The summed E-state index contributed by atoms with van der Waals surface area (Å²) in [5.74, 6) is 0.954. The topological polar surface area (TPSA) is 93.5 Å². The van der Waals surface area contributed by atoms with E-state index in [0.717, 1.165) is 23.5 Å². The number of amides is 2. The summed E-state index contributed by atoms with van der Waals surface area (Å²) in [4.78, 5) is 23.7. The molecule has 0 aliphatic heterocycles. The fourth-order valence-electron chi connectivity index (χ4n) is 2.28. The first-order valence-electron chi connectivity index (χ1n) is 8.89. The fraction of sp³-hybridized carbons (Fsp3) is 0.579. The summed E-state index contributed by atoms with van der Waals surface area (Å²) in [5.41, 5.74) is 7.80. The van der Waals surface area contributed by atoms with E-state index < -0.39 is 6.04 Å². The van der Waals surface area contributed by atoms with Crippen LogP contribution >= 0.6 is 12.4 Å². The van der Waals surface area contributed by atoms with Crippen molar-refractivity contribution >= 4 is 24.2 Å². The van der Waals surface area contributed by atoms with Gasteiger partial charge in [-0.2, -0.15) is 0 Å². The van der Waals surface area contributed by atoms with Gasteiger partial charge in [-0.05, 0) is 43.2 Å². The van der Waals surface area contributed by atoms with Crippen LogP contribution in [0.4, 0.5) is 0 Å². The van der Waals surface area contributed by atoms with Crippen LogP contribution in [0.15, 0.2) is 18.2 Å². The number of carbonyl (C=O) groups is 2. The molecular formula is C19H30ClN3O3. The van der Waals surface area contributed by atoms with Crippen molar-refractivity contribution in [2.45, 2.75) is 46.2 Å². The summed E-state index contributed by atoms with van der Waals surface area (Å²) in [6.45, 7) is 6.76. The number of nitrogens with two attached hydrogens (primary N) is 1. The zero-order valence-corrected chi connectivity index (χ0v) is 16.5. The summed E-state index contributed by atoms with van der Waals surface area (Å²) in [6.07, 6.45) is 2.46. The highest BCUT2D eigenvalue weighted by atomic mass is 35.5. The second kappa shape index (κ2) is 10.4. The predicted octanol–water partition coefficient (Wildman–Crippen LogP) is 1.92. The largest absolute Gasteiger partial charge is 0.493 e. The molecule has 2 rings (SSSR count). The van der Waals surface area contributed by atoms with Crippen LogP contribution in [0.25, 0.3) is 0 Å². The summed E-state index contributed by atoms with van der Waals surface area (Å²) < 4.78 is 5.89. The van der Waals surface area contributed by atoms with E-state index in [0.29, 0.717) is 12.5 Å². The van der Waals surface area contributed by atoms with Gasteiger partial charge in [0.25, 0.3) is 0 Å². The third kappa shape index (κ3) is 7.22. The molecule has 2 amide bonds. The van der Waals surface area contributed by atoms with Crippen LogP contribution in [0.2, 0.25) is 0 Å². The van der Waals surface area contributed by atoms with E-state index in [1.165, 1.54) is 12.8 Å². The van der Waals surface area contributed by atoms with Gasteiger partial charge in [-0.1, -0.05) is 26.0 Å². The van der Waals surface area contributed by atoms with Gasteiger partial charge in [-0.15, -0.1) is 12.4 Å². The first-order valence-corrected chi connectivity index (χ1v) is 8.89. The average molecular weight is 384 g/mol. The first-order chi connectivity index (χ1) is 11.9. The van der Waals surface area contributed by atoms with Gasteiger partial charge in [0.1, 0.15) is 5.75 Å². The summed E-state index contributed by atoms with van der Waals surface area (Å²) >= 11 is 0. The van der Waals surface area contributed by atoms with Crippen molar-refractivity contribution in [1.82, 2.24) is 10.6 Å². The summed E-state index contributed by atoms with van der Waals surface area (Å²) in [5, 5.41) is 5.38. The van der Waals surface area contributed by atoms with E-state index in [-0.39, 0.29) is 36.7 Å². The molecule has 4 N–H and O–H groups in total. The van der Waals surface area contributed by atoms with E-state index in [9.17, 15) is 9.59 Å². The second-order valence-electron chi connectivity index (χ2n) is 7.13. The molecule has 1 aromatic rings. The van der Waals surface area contributed by atoms with Gasteiger partial charge < -0.3 is 21.1 Å². The maximum Gasteiger partial charge on any atom is 0.239 e. The lowest BCUT2D eigenvalue weighted by Crippen LogP contribution is -2.47. The number of benzene rings is 1. The molecule has 0 radical (unpaired) electrons. The van der Waals surface area contributed by atoms with Crippen molar-refractivity contribution in [3.05, 3.63) is 29.3 Å². The molecule has 0 aromatic heterocycles. The monoisotopic (exact) mass is 383 g/mol. The molecular weight excluding hydrogens is 354 g/mol. The standard InChI is InChI=1S/C19H29N3O3.ClH/c1-12(2)18(20)19(24)22-10-17(23)21-9-15-7-4-13(3)8-16(15)25-11-14-5-6-14;/h4,7-8,12,14,18H,5-6,9-11,20H2,1-3H3,(H,21,23)(H,22,24);1H/t18-;/m0./s1. The summed E-state index contributed by atoms with van der Waals surface area (Å²) in [7, 11) is 0. The molecule has 0 spiro atoms. The van der Waals surface area contributed by atoms with Crippen molar-refractivity contribution in [1.29, 1.82) is 0 Å². The molecule has 1 atom stereocenters. The van der Waals surface area contributed by atoms with Crippen molar-refractivity contribution in [3.63, 3.8) is 0 Å². The van der Waals surface area contributed by atoms with Crippen LogP contribution in [0, 0.1) is 18.8 Å². The molecule has 0 bridgehead atoms. The Morgan fingerprint density at radius 3 is 2.58 bits per heavy atom. The molecule has 0 heterocycles. The van der Waals surface area contributed by atoms with Gasteiger partial charge in [0, 0.05) is 12.1 Å². The van der Waals surface area contributed by atoms with Crippen LogP contribution in [0.1, 0.15) is 37.8 Å². The third-order valence-corrected chi connectivity index (χ3v) is 4.31. The van der Waals surface area contributed by atoms with Gasteiger partial charge >= 0.3 is 0 Å². The number of nitrogens with one attached hydrogen (secondary N) is 2. The van der Waals surface area contributed by atoms with Crippen LogP contribution < -0.4 is 21.1 Å². The van der Waals surface area contributed by atoms with E-state index in [1.807, 2.05) is 39.0 Å². The van der Waals surface area contributed by atoms with E-state index in [2.05, 4.69) is 10.6 Å². The molecule has 1 aliphatic rings. The molecule has 7 heteroatoms. The fourth-order valence-corrected chi connectivity index (χ4v) is 2.28. The SMILES string of the molecule is Cc1ccc(CNC(=O)CNC(=O)[C@@H](N)C(C)C)c(OCC2CC2)c1.Cl. The zero-order valence-electron chi connectivity index (χ0n) is 15.7. The Morgan fingerprint density at radius 1 is 1.27 bits per heavy atom. The molecule has 1 aromatic carbocycles. The van der Waals surface area contributed by atoms with Crippen molar-refractivity contribution in [3.8, 4) is 5.75 Å². The van der Waals surface area contributed by atoms with Gasteiger partial charge in [0.05, 0.1) is 19.2 Å². The van der Waals surface area contributed by atoms with Gasteiger partial charge in [-0.3, -0.25) is 9.59 Å². The molecule has 1 saturated carbocycles. The molecule has 6 nitrogen and oxygen atoms in total. The Balaban J connectivity index is 0.00000338. The second-order valence-corrected chi connectivity index (χ2v) is 7.13. The highest BCUT2D eigenvalue weighted by Gasteiger charge is 2.22. The highest BCUT2D eigenvalue weighted by Crippen LogP contribution is 2.30. The number of ether oxygens (including phenoxy) is 1. The minimum absolute atomic E-state index is 0. The van der Waals surface area contributed by atoms with Crippen LogP contribution in [0.3, 0.4) is 0 Å². The third-order valence-electron chi connectivity index (χ3n) is 4.31. The lowest BCUT2D eigenvalue weighted by molar-refractivity contribution is -0.127.